The van der Waals surface area contributed by atoms with Crippen LogP contribution in [0.4, 0.5) is 0 Å². The Morgan fingerprint density at radius 2 is 2.29 bits per heavy atom. The van der Waals surface area contributed by atoms with E-state index in [0.717, 1.165) is 31.4 Å². The summed E-state index contributed by atoms with van der Waals surface area (Å²) in [6.07, 6.45) is 7.07. The largest absolute Gasteiger partial charge is 0.468 e. The minimum atomic E-state index is 0.764. The fraction of sp³-hybridized carbons (Fsp3) is 0.714. The average molecular weight is 236 g/mol. The number of nitrogens with zero attached hydrogens (tertiary/aromatic N) is 1. The lowest BCUT2D eigenvalue weighted by molar-refractivity contribution is 0.290. The number of nitrogens with one attached hydrogen (secondary N) is 1. The Bertz CT molecular complexity index is 331. The molecule has 96 valence electrons. The molecule has 1 N–H and O–H groups in total. The van der Waals surface area contributed by atoms with Gasteiger partial charge in [-0.2, -0.15) is 0 Å². The molecule has 0 amide bonds. The second-order valence-corrected chi connectivity index (χ2v) is 5.17. The van der Waals surface area contributed by atoms with Crippen molar-refractivity contribution in [2.45, 2.75) is 51.7 Å². The van der Waals surface area contributed by atoms with Crippen molar-refractivity contribution >= 4 is 0 Å². The first-order valence-electron chi connectivity index (χ1n) is 6.76. The Morgan fingerprint density at radius 1 is 1.47 bits per heavy atom. The van der Waals surface area contributed by atoms with Gasteiger partial charge in [-0.1, -0.05) is 13.3 Å². The van der Waals surface area contributed by atoms with E-state index in [1.165, 1.54) is 31.2 Å². The molecule has 3 heteroatoms. The molecule has 1 aromatic rings. The van der Waals surface area contributed by atoms with Gasteiger partial charge in [0.15, 0.2) is 0 Å². The molecule has 0 unspecified atom stereocenters. The second-order valence-electron chi connectivity index (χ2n) is 5.17. The van der Waals surface area contributed by atoms with Gasteiger partial charge in [-0.05, 0) is 38.9 Å². The van der Waals surface area contributed by atoms with E-state index in [1.54, 1.807) is 0 Å². The molecule has 0 spiro atoms. The van der Waals surface area contributed by atoms with Crippen LogP contribution in [0.2, 0.25) is 0 Å². The minimum Gasteiger partial charge on any atom is -0.468 e. The Hall–Kier alpha value is -0.800. The monoisotopic (exact) mass is 236 g/mol. The van der Waals surface area contributed by atoms with Crippen molar-refractivity contribution < 1.29 is 4.42 Å². The van der Waals surface area contributed by atoms with Gasteiger partial charge in [0.05, 0.1) is 12.8 Å². The van der Waals surface area contributed by atoms with Crippen molar-refractivity contribution in [3.63, 3.8) is 0 Å². The first kappa shape index (κ1) is 12.7. The molecule has 2 rings (SSSR count). The standard InChI is InChI=1S/C14H24N2O/c1-3-4-7-16(2)10-14-8-12(11-17-14)9-15-13-5-6-13/h8,11,13,15H,3-7,9-10H2,1-2H3. The van der Waals surface area contributed by atoms with Gasteiger partial charge in [0.2, 0.25) is 0 Å². The summed E-state index contributed by atoms with van der Waals surface area (Å²) in [5, 5.41) is 3.50. The quantitative estimate of drug-likeness (QED) is 0.752. The van der Waals surface area contributed by atoms with Crippen LogP contribution in [-0.2, 0) is 13.1 Å². The minimum absolute atomic E-state index is 0.764. The molecule has 1 fully saturated rings. The molecule has 1 aliphatic carbocycles. The van der Waals surface area contributed by atoms with Gasteiger partial charge < -0.3 is 9.73 Å². The number of unbranched alkanes of at least 4 members (excludes halogenated alkanes) is 1. The van der Waals surface area contributed by atoms with Gasteiger partial charge in [-0.3, -0.25) is 4.90 Å². The van der Waals surface area contributed by atoms with Crippen molar-refractivity contribution in [2.24, 2.45) is 0 Å². The maximum absolute atomic E-state index is 5.59. The zero-order valence-electron chi connectivity index (χ0n) is 11.0. The number of furan rings is 1. The van der Waals surface area contributed by atoms with Crippen LogP contribution in [0, 0.1) is 0 Å². The SMILES string of the molecule is CCCCN(C)Cc1cc(CNC2CC2)co1. The summed E-state index contributed by atoms with van der Waals surface area (Å²) in [5.74, 6) is 1.08. The van der Waals surface area contributed by atoms with Gasteiger partial charge in [-0.15, -0.1) is 0 Å². The lowest BCUT2D eigenvalue weighted by atomic mass is 10.3. The van der Waals surface area contributed by atoms with E-state index in [1.807, 2.05) is 6.26 Å². The lowest BCUT2D eigenvalue weighted by Crippen LogP contribution is -2.18. The first-order valence-corrected chi connectivity index (χ1v) is 6.76. The van der Waals surface area contributed by atoms with Gasteiger partial charge in [0.1, 0.15) is 5.76 Å². The lowest BCUT2D eigenvalue weighted by Gasteiger charge is -2.13. The Morgan fingerprint density at radius 3 is 3.00 bits per heavy atom. The average Bonchev–Trinajstić information content (AvgIpc) is 3.05. The molecular weight excluding hydrogens is 212 g/mol. The van der Waals surface area contributed by atoms with Gasteiger partial charge >= 0.3 is 0 Å². The molecule has 1 aliphatic rings. The molecular formula is C14H24N2O. The predicted octanol–water partition coefficient (Wildman–Crippen LogP) is 2.76. The smallest absolute Gasteiger partial charge is 0.118 e. The highest BCUT2D eigenvalue weighted by Gasteiger charge is 2.20. The Kier molecular flexibility index (Phi) is 4.63. The summed E-state index contributed by atoms with van der Waals surface area (Å²) in [5.41, 5.74) is 1.27. The molecule has 1 saturated carbocycles. The maximum Gasteiger partial charge on any atom is 0.118 e. The summed E-state index contributed by atoms with van der Waals surface area (Å²) >= 11 is 0. The van der Waals surface area contributed by atoms with Gasteiger partial charge in [0, 0.05) is 18.2 Å². The molecule has 0 atom stereocenters. The highest BCUT2D eigenvalue weighted by Crippen LogP contribution is 2.19. The molecule has 1 aromatic heterocycles. The van der Waals surface area contributed by atoms with E-state index in [9.17, 15) is 0 Å². The molecule has 0 bridgehead atoms. The molecule has 0 radical (unpaired) electrons. The summed E-state index contributed by atoms with van der Waals surface area (Å²) in [6, 6.07) is 2.94. The van der Waals surface area contributed by atoms with Gasteiger partial charge in [0.25, 0.3) is 0 Å². The zero-order valence-corrected chi connectivity index (χ0v) is 11.0. The first-order chi connectivity index (χ1) is 8.28. The van der Waals surface area contributed by atoms with Crippen LogP contribution in [0.25, 0.3) is 0 Å². The van der Waals surface area contributed by atoms with Crippen LogP contribution in [0.15, 0.2) is 16.7 Å². The Balaban J connectivity index is 1.72. The molecule has 3 nitrogen and oxygen atoms in total. The van der Waals surface area contributed by atoms with Crippen LogP contribution < -0.4 is 5.32 Å². The van der Waals surface area contributed by atoms with E-state index in [-0.39, 0.29) is 0 Å². The molecule has 17 heavy (non-hydrogen) atoms. The summed E-state index contributed by atoms with van der Waals surface area (Å²) in [4.78, 5) is 2.32. The van der Waals surface area contributed by atoms with Crippen molar-refractivity contribution in [3.05, 3.63) is 23.7 Å². The van der Waals surface area contributed by atoms with Crippen LogP contribution >= 0.6 is 0 Å². The van der Waals surface area contributed by atoms with Crippen LogP contribution in [0.5, 0.6) is 0 Å². The highest BCUT2D eigenvalue weighted by atomic mass is 16.3. The fourth-order valence-corrected chi connectivity index (χ4v) is 1.92. The van der Waals surface area contributed by atoms with Crippen LogP contribution in [0.3, 0.4) is 0 Å². The van der Waals surface area contributed by atoms with Crippen LogP contribution in [0.1, 0.15) is 43.9 Å². The summed E-state index contributed by atoms with van der Waals surface area (Å²) in [6.45, 7) is 5.24. The Labute approximate surface area is 104 Å². The van der Waals surface area contributed by atoms with Crippen molar-refractivity contribution in [2.75, 3.05) is 13.6 Å². The molecule has 0 aliphatic heterocycles. The van der Waals surface area contributed by atoms with E-state index >= 15 is 0 Å². The third-order valence-corrected chi connectivity index (χ3v) is 3.20. The molecule has 0 saturated heterocycles. The van der Waals surface area contributed by atoms with Crippen LogP contribution in [-0.4, -0.2) is 24.5 Å². The zero-order chi connectivity index (χ0) is 12.1. The van der Waals surface area contributed by atoms with Crippen molar-refractivity contribution in [1.29, 1.82) is 0 Å². The molecule has 0 aromatic carbocycles. The number of rotatable bonds is 8. The second kappa shape index (κ2) is 6.22. The highest BCUT2D eigenvalue weighted by molar-refractivity contribution is 5.13. The predicted molar refractivity (Wildman–Crippen MR) is 69.8 cm³/mol. The van der Waals surface area contributed by atoms with E-state index in [0.29, 0.717) is 0 Å². The fourth-order valence-electron chi connectivity index (χ4n) is 1.92. The van der Waals surface area contributed by atoms with Crippen molar-refractivity contribution in [3.8, 4) is 0 Å². The number of hydrogen-bond acceptors (Lipinski definition) is 3. The third-order valence-electron chi connectivity index (χ3n) is 3.20. The van der Waals surface area contributed by atoms with Crippen molar-refractivity contribution in [1.82, 2.24) is 10.2 Å². The summed E-state index contributed by atoms with van der Waals surface area (Å²) in [7, 11) is 2.15. The normalized spacial score (nSPS) is 15.7. The number of hydrogen-bond donors (Lipinski definition) is 1. The van der Waals surface area contributed by atoms with Gasteiger partial charge in [-0.25, -0.2) is 0 Å². The third kappa shape index (κ3) is 4.52. The van der Waals surface area contributed by atoms with E-state index in [4.69, 9.17) is 4.42 Å². The molecule has 1 heterocycles. The topological polar surface area (TPSA) is 28.4 Å². The van der Waals surface area contributed by atoms with E-state index < -0.39 is 0 Å². The van der Waals surface area contributed by atoms with E-state index in [2.05, 4.69) is 30.3 Å². The summed E-state index contributed by atoms with van der Waals surface area (Å²) < 4.78 is 5.59. The maximum atomic E-state index is 5.59.